The molecular weight excluding hydrogens is 639 g/mol. The Kier molecular flexibility index (Phi) is 7.13. The SMILES string of the molecule is CC1(C)c2ccccc2-c2ccc(N(c3ccccc3)c3cccc4c3-c3ccccc3C4(c3ccccc3)c3cccc(-c4ccccc4)c3)cc21. The molecular formula is C52H39N. The number of fused-ring (bicyclic) bond motifs is 6. The summed E-state index contributed by atoms with van der Waals surface area (Å²) in [5, 5.41) is 0. The second-order valence-corrected chi connectivity index (χ2v) is 14.9. The predicted molar refractivity (Wildman–Crippen MR) is 221 cm³/mol. The summed E-state index contributed by atoms with van der Waals surface area (Å²) < 4.78 is 0. The predicted octanol–water partition coefficient (Wildman–Crippen LogP) is 13.5. The Morgan fingerprint density at radius 1 is 0.358 bits per heavy atom. The summed E-state index contributed by atoms with van der Waals surface area (Å²) in [5.74, 6) is 0. The normalized spacial score (nSPS) is 16.0. The first kappa shape index (κ1) is 31.3. The standard InChI is InChI=1S/C52H39N/c1-51(2)45-28-14-12-26-42(45)43-33-32-41(35-48(43)51)53(40-24-10-5-11-25-40)49-31-17-30-47-50(49)44-27-13-15-29-46(44)52(47,38-21-8-4-9-22-38)39-23-16-20-37(34-39)36-18-6-3-7-19-36/h3-35H,1-2H3. The summed E-state index contributed by atoms with van der Waals surface area (Å²) in [6, 6.07) is 74.0. The van der Waals surface area contributed by atoms with Crippen LogP contribution in [0, 0.1) is 0 Å². The van der Waals surface area contributed by atoms with E-state index in [1.807, 2.05) is 0 Å². The van der Waals surface area contributed by atoms with Gasteiger partial charge in [0.1, 0.15) is 0 Å². The van der Waals surface area contributed by atoms with Crippen molar-refractivity contribution in [1.82, 2.24) is 0 Å². The van der Waals surface area contributed by atoms with E-state index in [2.05, 4.69) is 219 Å². The van der Waals surface area contributed by atoms with Crippen molar-refractivity contribution in [3.63, 3.8) is 0 Å². The van der Waals surface area contributed by atoms with Gasteiger partial charge in [-0.05, 0) is 97.6 Å². The average Bonchev–Trinajstić information content (AvgIpc) is 3.65. The summed E-state index contributed by atoms with van der Waals surface area (Å²) >= 11 is 0. The topological polar surface area (TPSA) is 3.24 Å². The number of hydrogen-bond donors (Lipinski definition) is 0. The van der Waals surface area contributed by atoms with E-state index in [1.54, 1.807) is 0 Å². The van der Waals surface area contributed by atoms with Crippen LogP contribution in [0.5, 0.6) is 0 Å². The third-order valence-corrected chi connectivity index (χ3v) is 11.7. The van der Waals surface area contributed by atoms with E-state index in [1.165, 1.54) is 72.4 Å². The molecule has 0 fully saturated rings. The van der Waals surface area contributed by atoms with Gasteiger partial charge in [-0.15, -0.1) is 0 Å². The molecule has 0 bridgehead atoms. The number of benzene rings is 8. The number of nitrogens with zero attached hydrogens (tertiary/aromatic N) is 1. The lowest BCUT2D eigenvalue weighted by atomic mass is 9.67. The molecule has 1 unspecified atom stereocenters. The molecule has 0 saturated heterocycles. The average molecular weight is 678 g/mol. The third kappa shape index (κ3) is 4.64. The van der Waals surface area contributed by atoms with Gasteiger partial charge in [-0.25, -0.2) is 0 Å². The van der Waals surface area contributed by atoms with Crippen LogP contribution in [0.4, 0.5) is 17.1 Å². The molecule has 0 amide bonds. The number of anilines is 3. The molecule has 1 heteroatoms. The summed E-state index contributed by atoms with van der Waals surface area (Å²) in [7, 11) is 0. The Morgan fingerprint density at radius 3 is 1.70 bits per heavy atom. The van der Waals surface area contributed by atoms with Crippen LogP contribution in [0.1, 0.15) is 47.2 Å². The van der Waals surface area contributed by atoms with E-state index in [-0.39, 0.29) is 5.41 Å². The molecule has 0 spiro atoms. The first-order valence-corrected chi connectivity index (χ1v) is 18.6. The molecule has 0 aromatic heterocycles. The second kappa shape index (κ2) is 12.1. The lowest BCUT2D eigenvalue weighted by Gasteiger charge is -2.35. The van der Waals surface area contributed by atoms with Gasteiger partial charge < -0.3 is 4.90 Å². The van der Waals surface area contributed by atoms with Gasteiger partial charge in [0, 0.05) is 22.4 Å². The van der Waals surface area contributed by atoms with Crippen molar-refractivity contribution in [2.24, 2.45) is 0 Å². The van der Waals surface area contributed by atoms with Crippen molar-refractivity contribution < 1.29 is 0 Å². The smallest absolute Gasteiger partial charge is 0.0714 e. The summed E-state index contributed by atoms with van der Waals surface area (Å²) in [4.78, 5) is 2.48. The maximum absolute atomic E-state index is 2.48. The van der Waals surface area contributed by atoms with Crippen LogP contribution in [0.15, 0.2) is 200 Å². The lowest BCUT2D eigenvalue weighted by Crippen LogP contribution is -2.28. The van der Waals surface area contributed by atoms with Gasteiger partial charge in [0.2, 0.25) is 0 Å². The molecule has 1 atom stereocenters. The molecule has 0 saturated carbocycles. The van der Waals surface area contributed by atoms with E-state index >= 15 is 0 Å². The van der Waals surface area contributed by atoms with Crippen molar-refractivity contribution in [3.05, 3.63) is 234 Å². The number of hydrogen-bond acceptors (Lipinski definition) is 1. The molecule has 252 valence electrons. The van der Waals surface area contributed by atoms with Crippen LogP contribution in [-0.2, 0) is 10.8 Å². The van der Waals surface area contributed by atoms with E-state index in [4.69, 9.17) is 0 Å². The fourth-order valence-electron chi connectivity index (χ4n) is 9.37. The Labute approximate surface area is 312 Å². The van der Waals surface area contributed by atoms with E-state index in [9.17, 15) is 0 Å². The van der Waals surface area contributed by atoms with Crippen molar-refractivity contribution in [3.8, 4) is 33.4 Å². The zero-order valence-electron chi connectivity index (χ0n) is 30.0. The van der Waals surface area contributed by atoms with Gasteiger partial charge in [0.15, 0.2) is 0 Å². The number of rotatable bonds is 6. The number of para-hydroxylation sites is 1. The fourth-order valence-corrected chi connectivity index (χ4v) is 9.37. The molecule has 1 nitrogen and oxygen atoms in total. The first-order chi connectivity index (χ1) is 26.1. The van der Waals surface area contributed by atoms with Crippen molar-refractivity contribution in [1.29, 1.82) is 0 Å². The van der Waals surface area contributed by atoms with Gasteiger partial charge >= 0.3 is 0 Å². The quantitative estimate of drug-likeness (QED) is 0.169. The minimum Gasteiger partial charge on any atom is -0.310 e. The molecule has 10 rings (SSSR count). The third-order valence-electron chi connectivity index (χ3n) is 11.7. The molecule has 8 aromatic rings. The fraction of sp³-hybridized carbons (Fsp3) is 0.0769. The van der Waals surface area contributed by atoms with Crippen LogP contribution in [0.3, 0.4) is 0 Å². The van der Waals surface area contributed by atoms with Gasteiger partial charge in [-0.1, -0.05) is 178 Å². The van der Waals surface area contributed by atoms with Gasteiger partial charge in [0.05, 0.1) is 11.1 Å². The molecule has 0 radical (unpaired) electrons. The summed E-state index contributed by atoms with van der Waals surface area (Å²) in [6.07, 6.45) is 0. The molecule has 0 heterocycles. The van der Waals surface area contributed by atoms with Crippen LogP contribution in [0.25, 0.3) is 33.4 Å². The monoisotopic (exact) mass is 677 g/mol. The van der Waals surface area contributed by atoms with Crippen LogP contribution < -0.4 is 4.90 Å². The highest BCUT2D eigenvalue weighted by atomic mass is 15.1. The van der Waals surface area contributed by atoms with Gasteiger partial charge in [0.25, 0.3) is 0 Å². The highest BCUT2D eigenvalue weighted by molar-refractivity contribution is 5.98. The van der Waals surface area contributed by atoms with Gasteiger partial charge in [-0.2, -0.15) is 0 Å². The maximum Gasteiger partial charge on any atom is 0.0714 e. The van der Waals surface area contributed by atoms with Crippen LogP contribution >= 0.6 is 0 Å². The van der Waals surface area contributed by atoms with Crippen molar-refractivity contribution in [2.45, 2.75) is 24.7 Å². The zero-order chi connectivity index (χ0) is 35.6. The Morgan fingerprint density at radius 2 is 0.925 bits per heavy atom. The Hall–Kier alpha value is -6.44. The maximum atomic E-state index is 2.48. The lowest BCUT2D eigenvalue weighted by molar-refractivity contribution is 0.660. The summed E-state index contributed by atoms with van der Waals surface area (Å²) in [5.41, 5.74) is 18.3. The highest BCUT2D eigenvalue weighted by Crippen LogP contribution is 2.60. The first-order valence-electron chi connectivity index (χ1n) is 18.6. The molecule has 0 N–H and O–H groups in total. The minimum absolute atomic E-state index is 0.109. The zero-order valence-corrected chi connectivity index (χ0v) is 30.0. The largest absolute Gasteiger partial charge is 0.310 e. The van der Waals surface area contributed by atoms with E-state index < -0.39 is 5.41 Å². The molecule has 8 aromatic carbocycles. The van der Waals surface area contributed by atoms with Gasteiger partial charge in [-0.3, -0.25) is 0 Å². The van der Waals surface area contributed by atoms with Crippen molar-refractivity contribution in [2.75, 3.05) is 4.90 Å². The second-order valence-electron chi connectivity index (χ2n) is 14.9. The minimum atomic E-state index is -0.530. The molecule has 2 aliphatic rings. The van der Waals surface area contributed by atoms with Crippen molar-refractivity contribution >= 4 is 17.1 Å². The molecule has 2 aliphatic carbocycles. The van der Waals surface area contributed by atoms with E-state index in [0.717, 1.165) is 11.4 Å². The Bertz CT molecular complexity index is 2640. The molecule has 0 aliphatic heterocycles. The Balaban J connectivity index is 1.25. The van der Waals surface area contributed by atoms with E-state index in [0.29, 0.717) is 0 Å². The van der Waals surface area contributed by atoms with Crippen LogP contribution in [0.2, 0.25) is 0 Å². The van der Waals surface area contributed by atoms with Crippen LogP contribution in [-0.4, -0.2) is 0 Å². The highest BCUT2D eigenvalue weighted by Gasteiger charge is 2.47. The molecule has 53 heavy (non-hydrogen) atoms. The summed E-state index contributed by atoms with van der Waals surface area (Å²) in [6.45, 7) is 4.73.